The molecule has 2 amide bonds. The van der Waals surface area contributed by atoms with Gasteiger partial charge in [-0.1, -0.05) is 6.42 Å². The van der Waals surface area contributed by atoms with E-state index in [1.54, 1.807) is 5.51 Å². The van der Waals surface area contributed by atoms with Gasteiger partial charge in [-0.05, 0) is 44.1 Å². The van der Waals surface area contributed by atoms with Crippen LogP contribution < -0.4 is 16.0 Å². The van der Waals surface area contributed by atoms with Crippen LogP contribution in [-0.4, -0.2) is 80.0 Å². The third-order valence-corrected chi connectivity index (χ3v) is 7.39. The minimum absolute atomic E-state index is 0.113. The number of nitrogen functional groups attached to an aromatic ring is 1. The van der Waals surface area contributed by atoms with Crippen LogP contribution in [0.4, 0.5) is 22.2 Å². The Balaban J connectivity index is 1.08. The van der Waals surface area contributed by atoms with Crippen LogP contribution in [0, 0.1) is 0 Å². The number of rotatable bonds is 4. The van der Waals surface area contributed by atoms with Gasteiger partial charge < -0.3 is 25.8 Å². The van der Waals surface area contributed by atoms with Gasteiger partial charge in [0.2, 0.25) is 5.95 Å². The molecular weight excluding hydrogens is 464 g/mol. The molecule has 6 rings (SSSR count). The number of carbonyl (C=O) groups excluding carboxylic acids is 1. The highest BCUT2D eigenvalue weighted by atomic mass is 32.1. The van der Waals surface area contributed by atoms with Gasteiger partial charge in [0.25, 0.3) is 0 Å². The maximum atomic E-state index is 12.9. The highest BCUT2D eigenvalue weighted by molar-refractivity contribution is 7.16. The second-order valence-corrected chi connectivity index (χ2v) is 9.90. The van der Waals surface area contributed by atoms with Gasteiger partial charge in [-0.25, -0.2) is 19.7 Å². The van der Waals surface area contributed by atoms with Crippen molar-refractivity contribution in [3.8, 4) is 0 Å². The Morgan fingerprint density at radius 3 is 2.71 bits per heavy atom. The topological polar surface area (TPSA) is 132 Å². The highest BCUT2D eigenvalue weighted by Crippen LogP contribution is 2.27. The van der Waals surface area contributed by atoms with Crippen LogP contribution in [0.3, 0.4) is 0 Å². The predicted molar refractivity (Wildman–Crippen MR) is 138 cm³/mol. The van der Waals surface area contributed by atoms with Gasteiger partial charge in [-0.15, -0.1) is 11.3 Å². The average molecular weight is 493 g/mol. The van der Waals surface area contributed by atoms with Crippen LogP contribution in [0.25, 0.3) is 21.4 Å². The number of aromatic amines is 1. The number of piperazine rings is 1. The molecule has 0 unspecified atom stereocenters. The van der Waals surface area contributed by atoms with E-state index in [4.69, 9.17) is 10.7 Å². The van der Waals surface area contributed by atoms with Crippen LogP contribution in [-0.2, 0) is 6.54 Å². The molecule has 35 heavy (non-hydrogen) atoms. The standard InChI is InChI=1S/C23H28N10OS/c24-22-29-20(19-21(30-22)35-14-25-19)32-8-10-33(11-9-32)23(34)26-15-4-5-16-17(12-15)28-18(27-16)13-31-6-2-1-3-7-31/h4-5,12,14H,1-3,6-11,13H2,(H,26,34)(H,27,28)(H2,24,29,30). The quantitative estimate of drug-likeness (QED) is 0.396. The monoisotopic (exact) mass is 492 g/mol. The number of hydrogen-bond donors (Lipinski definition) is 3. The number of H-pyrrole nitrogens is 1. The summed E-state index contributed by atoms with van der Waals surface area (Å²) in [6, 6.07) is 5.71. The number of nitrogens with zero attached hydrogens (tertiary/aromatic N) is 7. The molecule has 0 atom stereocenters. The molecule has 2 fully saturated rings. The van der Waals surface area contributed by atoms with E-state index in [2.05, 4.69) is 35.1 Å². The minimum atomic E-state index is -0.113. The van der Waals surface area contributed by atoms with Crippen molar-refractivity contribution in [3.63, 3.8) is 0 Å². The van der Waals surface area contributed by atoms with Gasteiger partial charge in [-0.3, -0.25) is 4.90 Å². The Morgan fingerprint density at radius 2 is 1.89 bits per heavy atom. The van der Waals surface area contributed by atoms with E-state index in [-0.39, 0.29) is 12.0 Å². The molecule has 4 aromatic rings. The first kappa shape index (κ1) is 22.0. The summed E-state index contributed by atoms with van der Waals surface area (Å²) >= 11 is 1.44. The molecule has 11 nitrogen and oxygen atoms in total. The number of nitrogens with one attached hydrogen (secondary N) is 2. The zero-order valence-electron chi connectivity index (χ0n) is 19.4. The van der Waals surface area contributed by atoms with E-state index >= 15 is 0 Å². The number of thiazole rings is 1. The number of aromatic nitrogens is 5. The fourth-order valence-corrected chi connectivity index (χ4v) is 5.51. The van der Waals surface area contributed by atoms with Crippen LogP contribution in [0.2, 0.25) is 0 Å². The van der Waals surface area contributed by atoms with Crippen molar-refractivity contribution < 1.29 is 4.79 Å². The number of likely N-dealkylation sites (tertiary alicyclic amines) is 1. The smallest absolute Gasteiger partial charge is 0.321 e. The molecule has 4 N–H and O–H groups in total. The van der Waals surface area contributed by atoms with Crippen molar-refractivity contribution >= 4 is 56.2 Å². The summed E-state index contributed by atoms with van der Waals surface area (Å²) < 4.78 is 0. The number of carbonyl (C=O) groups is 1. The van der Waals surface area contributed by atoms with Crippen LogP contribution in [0.1, 0.15) is 25.1 Å². The van der Waals surface area contributed by atoms with E-state index in [0.717, 1.165) is 58.3 Å². The van der Waals surface area contributed by atoms with Crippen molar-refractivity contribution in [1.82, 2.24) is 34.7 Å². The molecule has 0 saturated carbocycles. The number of imidazole rings is 1. The van der Waals surface area contributed by atoms with E-state index in [0.29, 0.717) is 26.2 Å². The maximum absolute atomic E-state index is 12.9. The van der Waals surface area contributed by atoms with E-state index in [1.165, 1.54) is 30.6 Å². The van der Waals surface area contributed by atoms with Crippen molar-refractivity contribution in [1.29, 1.82) is 0 Å². The predicted octanol–water partition coefficient (Wildman–Crippen LogP) is 2.88. The summed E-state index contributed by atoms with van der Waals surface area (Å²) in [5, 5.41) is 3.04. The average Bonchev–Trinajstić information content (AvgIpc) is 3.50. The number of hydrogen-bond acceptors (Lipinski definition) is 9. The molecule has 0 radical (unpaired) electrons. The van der Waals surface area contributed by atoms with E-state index in [9.17, 15) is 4.79 Å². The molecule has 0 bridgehead atoms. The fraction of sp³-hybridized carbons (Fsp3) is 0.435. The lowest BCUT2D eigenvalue weighted by molar-refractivity contribution is 0.208. The number of nitrogens with two attached hydrogens (primary N) is 1. The third-order valence-electron chi connectivity index (χ3n) is 6.67. The van der Waals surface area contributed by atoms with E-state index < -0.39 is 0 Å². The molecule has 2 saturated heterocycles. The summed E-state index contributed by atoms with van der Waals surface area (Å²) in [7, 11) is 0. The third kappa shape index (κ3) is 4.58. The molecular formula is C23H28N10OS. The number of anilines is 3. The van der Waals surface area contributed by atoms with Gasteiger partial charge >= 0.3 is 6.03 Å². The lowest BCUT2D eigenvalue weighted by atomic mass is 10.1. The normalized spacial score (nSPS) is 17.4. The summed E-state index contributed by atoms with van der Waals surface area (Å²) in [4.78, 5) is 41.3. The largest absolute Gasteiger partial charge is 0.368 e. The molecule has 1 aromatic carbocycles. The van der Waals surface area contributed by atoms with Crippen LogP contribution in [0.15, 0.2) is 23.7 Å². The number of fused-ring (bicyclic) bond motifs is 2. The molecule has 182 valence electrons. The lowest BCUT2D eigenvalue weighted by Crippen LogP contribution is -2.50. The second kappa shape index (κ2) is 9.27. The number of amides is 2. The summed E-state index contributed by atoms with van der Waals surface area (Å²) in [5.41, 5.74) is 11.0. The summed E-state index contributed by atoms with van der Waals surface area (Å²) in [6.07, 6.45) is 3.83. The Labute approximate surface area is 206 Å². The Hall–Kier alpha value is -3.51. The van der Waals surface area contributed by atoms with E-state index in [1.807, 2.05) is 23.1 Å². The molecule has 0 aliphatic carbocycles. The van der Waals surface area contributed by atoms with Crippen molar-refractivity contribution in [3.05, 3.63) is 29.5 Å². The van der Waals surface area contributed by atoms with Crippen molar-refractivity contribution in [2.24, 2.45) is 0 Å². The fourth-order valence-electron chi connectivity index (χ4n) is 4.85. The molecule has 12 heteroatoms. The van der Waals surface area contributed by atoms with Gasteiger partial charge in [0.15, 0.2) is 10.6 Å². The number of benzene rings is 1. The zero-order chi connectivity index (χ0) is 23.8. The summed E-state index contributed by atoms with van der Waals surface area (Å²) in [5.74, 6) is 1.95. The second-order valence-electron chi connectivity index (χ2n) is 9.07. The SMILES string of the molecule is Nc1nc(N2CCN(C(=O)Nc3ccc4nc(CN5CCCCC5)[nH]c4c3)CC2)c2ncsc2n1. The highest BCUT2D eigenvalue weighted by Gasteiger charge is 2.24. The van der Waals surface area contributed by atoms with Crippen molar-refractivity contribution in [2.45, 2.75) is 25.8 Å². The zero-order valence-corrected chi connectivity index (χ0v) is 20.2. The van der Waals surface area contributed by atoms with Gasteiger partial charge in [0, 0.05) is 31.9 Å². The maximum Gasteiger partial charge on any atom is 0.321 e. The van der Waals surface area contributed by atoms with Gasteiger partial charge in [0.1, 0.15) is 11.3 Å². The number of urea groups is 1. The Kier molecular flexibility index (Phi) is 5.82. The van der Waals surface area contributed by atoms with Gasteiger partial charge in [-0.2, -0.15) is 4.98 Å². The van der Waals surface area contributed by atoms with Crippen molar-refractivity contribution in [2.75, 3.05) is 55.2 Å². The molecule has 3 aromatic heterocycles. The lowest BCUT2D eigenvalue weighted by Gasteiger charge is -2.35. The Morgan fingerprint density at radius 1 is 1.06 bits per heavy atom. The molecule has 5 heterocycles. The number of piperidine rings is 1. The molecule has 0 spiro atoms. The molecule has 2 aliphatic heterocycles. The minimum Gasteiger partial charge on any atom is -0.368 e. The van der Waals surface area contributed by atoms with Crippen LogP contribution in [0.5, 0.6) is 0 Å². The van der Waals surface area contributed by atoms with Crippen LogP contribution >= 0.6 is 11.3 Å². The summed E-state index contributed by atoms with van der Waals surface area (Å²) in [6.45, 7) is 5.55. The Bertz CT molecular complexity index is 1350. The van der Waals surface area contributed by atoms with Gasteiger partial charge in [0.05, 0.1) is 23.1 Å². The first-order chi connectivity index (χ1) is 17.1. The molecule has 2 aliphatic rings. The first-order valence-corrected chi connectivity index (χ1v) is 12.9. The first-order valence-electron chi connectivity index (χ1n) is 12.0.